The minimum absolute atomic E-state index is 0.280. The molecule has 0 aliphatic heterocycles. The summed E-state index contributed by atoms with van der Waals surface area (Å²) < 4.78 is 0. The van der Waals surface area contributed by atoms with E-state index < -0.39 is 11.4 Å². The van der Waals surface area contributed by atoms with Crippen LogP contribution in [0.4, 0.5) is 5.69 Å². The number of benzene rings is 1. The number of anilines is 1. The number of hydrogen-bond donors (Lipinski definition) is 1. The predicted octanol–water partition coefficient (Wildman–Crippen LogP) is 2.60. The molecule has 4 heteroatoms. The lowest BCUT2D eigenvalue weighted by Crippen LogP contribution is -2.52. The van der Waals surface area contributed by atoms with Gasteiger partial charge in [-0.1, -0.05) is 24.1 Å². The molecule has 0 atom stereocenters. The normalized spacial score (nSPS) is 16.5. The Hall–Kier alpha value is -1.84. The first-order valence-corrected chi connectivity index (χ1v) is 6.63. The van der Waals surface area contributed by atoms with Crippen molar-refractivity contribution in [3.63, 3.8) is 0 Å². The second kappa shape index (κ2) is 5.03. The number of carboxylic acids is 1. The third-order valence-corrected chi connectivity index (χ3v) is 3.93. The zero-order valence-corrected chi connectivity index (χ0v) is 11.3. The van der Waals surface area contributed by atoms with Crippen LogP contribution in [0.25, 0.3) is 0 Å². The molecule has 0 spiro atoms. The average Bonchev–Trinajstić information content (AvgIpc) is 2.30. The molecule has 0 radical (unpaired) electrons. The Morgan fingerprint density at radius 1 is 1.26 bits per heavy atom. The smallest absolute Gasteiger partial charge is 0.319 e. The average molecular weight is 261 g/mol. The van der Waals surface area contributed by atoms with E-state index in [0.717, 1.165) is 17.7 Å². The Morgan fingerprint density at radius 2 is 1.84 bits per heavy atom. The van der Waals surface area contributed by atoms with Gasteiger partial charge in [-0.25, -0.2) is 0 Å². The molecule has 4 nitrogen and oxygen atoms in total. The lowest BCUT2D eigenvalue weighted by Gasteiger charge is -2.39. The van der Waals surface area contributed by atoms with Crippen molar-refractivity contribution in [2.45, 2.75) is 33.1 Å². The van der Waals surface area contributed by atoms with Gasteiger partial charge < -0.3 is 10.0 Å². The van der Waals surface area contributed by atoms with Crippen LogP contribution < -0.4 is 4.90 Å². The summed E-state index contributed by atoms with van der Waals surface area (Å²) in [5.41, 5.74) is 0.690. The molecule has 1 aliphatic carbocycles. The molecule has 0 unspecified atom stereocenters. The Bertz CT molecular complexity index is 489. The first-order chi connectivity index (χ1) is 9.01. The summed E-state index contributed by atoms with van der Waals surface area (Å²) in [5, 5.41) is 9.34. The second-order valence-corrected chi connectivity index (χ2v) is 5.13. The van der Waals surface area contributed by atoms with Crippen LogP contribution in [-0.2, 0) is 9.59 Å². The van der Waals surface area contributed by atoms with Crippen LogP contribution >= 0.6 is 0 Å². The Balaban J connectivity index is 2.29. The van der Waals surface area contributed by atoms with E-state index >= 15 is 0 Å². The van der Waals surface area contributed by atoms with Crippen molar-refractivity contribution in [2.24, 2.45) is 5.41 Å². The third-order valence-electron chi connectivity index (χ3n) is 3.93. The van der Waals surface area contributed by atoms with E-state index in [4.69, 9.17) is 0 Å². The van der Waals surface area contributed by atoms with Crippen molar-refractivity contribution < 1.29 is 14.7 Å². The van der Waals surface area contributed by atoms with E-state index in [1.54, 1.807) is 4.90 Å². The fraction of sp³-hybridized carbons (Fsp3) is 0.467. The van der Waals surface area contributed by atoms with Crippen LogP contribution in [0.5, 0.6) is 0 Å². The molecular formula is C15H19NO3. The molecule has 1 fully saturated rings. The molecule has 1 aliphatic rings. The van der Waals surface area contributed by atoms with Crippen LogP contribution in [0.1, 0.15) is 31.7 Å². The zero-order chi connectivity index (χ0) is 14.0. The number of amides is 1. The Labute approximate surface area is 113 Å². The van der Waals surface area contributed by atoms with Gasteiger partial charge in [-0.05, 0) is 38.8 Å². The number of nitrogens with zero attached hydrogens (tertiary/aromatic N) is 1. The van der Waals surface area contributed by atoms with Crippen molar-refractivity contribution >= 4 is 17.6 Å². The minimum Gasteiger partial charge on any atom is -0.480 e. The topological polar surface area (TPSA) is 57.6 Å². The maximum Gasteiger partial charge on any atom is 0.319 e. The minimum atomic E-state index is -1.19. The summed E-state index contributed by atoms with van der Waals surface area (Å²) >= 11 is 0. The molecule has 0 bridgehead atoms. The lowest BCUT2D eigenvalue weighted by molar-refractivity contribution is -0.160. The summed E-state index contributed by atoms with van der Waals surface area (Å²) in [6, 6.07) is 7.59. The number of hydrogen-bond acceptors (Lipinski definition) is 2. The molecule has 0 heterocycles. The molecular weight excluding hydrogens is 242 g/mol. The van der Waals surface area contributed by atoms with Crippen molar-refractivity contribution in [3.05, 3.63) is 29.8 Å². The highest BCUT2D eigenvalue weighted by Gasteiger charge is 2.52. The highest BCUT2D eigenvalue weighted by atomic mass is 16.4. The molecule has 1 amide bonds. The van der Waals surface area contributed by atoms with Gasteiger partial charge in [0.1, 0.15) is 5.41 Å². The maximum atomic E-state index is 12.6. The highest BCUT2D eigenvalue weighted by Crippen LogP contribution is 2.43. The quantitative estimate of drug-likeness (QED) is 0.847. The van der Waals surface area contributed by atoms with Crippen LogP contribution in [0.2, 0.25) is 0 Å². The number of aryl methyl sites for hydroxylation is 1. The first kappa shape index (κ1) is 13.6. The van der Waals surface area contributed by atoms with Gasteiger partial charge in [-0.15, -0.1) is 0 Å². The summed E-state index contributed by atoms with van der Waals surface area (Å²) in [6.07, 6.45) is 1.70. The standard InChI is InChI=1S/C15H19NO3/c1-3-16(12-7-5-11(2)6-8-12)13(17)15(14(18)19)9-4-10-15/h5-8H,3-4,9-10H2,1-2H3,(H,18,19). The molecule has 1 N–H and O–H groups in total. The van der Waals surface area contributed by atoms with E-state index in [1.165, 1.54) is 0 Å². The molecule has 2 rings (SSSR count). The van der Waals surface area contributed by atoms with Gasteiger partial charge >= 0.3 is 5.97 Å². The molecule has 0 saturated heterocycles. The number of aliphatic carboxylic acids is 1. The van der Waals surface area contributed by atoms with Gasteiger partial charge in [0.15, 0.2) is 0 Å². The van der Waals surface area contributed by atoms with Crippen LogP contribution in [0.3, 0.4) is 0 Å². The van der Waals surface area contributed by atoms with E-state index in [2.05, 4.69) is 0 Å². The zero-order valence-electron chi connectivity index (χ0n) is 11.3. The largest absolute Gasteiger partial charge is 0.480 e. The molecule has 1 saturated carbocycles. The number of carbonyl (C=O) groups excluding carboxylic acids is 1. The van der Waals surface area contributed by atoms with E-state index in [9.17, 15) is 14.7 Å². The molecule has 102 valence electrons. The fourth-order valence-electron chi connectivity index (χ4n) is 2.48. The summed E-state index contributed by atoms with van der Waals surface area (Å²) in [5.74, 6) is -1.27. The highest BCUT2D eigenvalue weighted by molar-refractivity contribution is 6.10. The van der Waals surface area contributed by atoms with Crippen molar-refractivity contribution in [1.82, 2.24) is 0 Å². The van der Waals surface area contributed by atoms with Crippen molar-refractivity contribution in [1.29, 1.82) is 0 Å². The van der Waals surface area contributed by atoms with Crippen LogP contribution in [0.15, 0.2) is 24.3 Å². The number of rotatable bonds is 4. The summed E-state index contributed by atoms with van der Waals surface area (Å²) in [4.78, 5) is 25.5. The predicted molar refractivity (Wildman–Crippen MR) is 73.1 cm³/mol. The van der Waals surface area contributed by atoms with Crippen molar-refractivity contribution in [3.8, 4) is 0 Å². The van der Waals surface area contributed by atoms with E-state index in [-0.39, 0.29) is 5.91 Å². The summed E-state index contributed by atoms with van der Waals surface area (Å²) in [7, 11) is 0. The Kier molecular flexibility index (Phi) is 3.60. The third kappa shape index (κ3) is 2.23. The van der Waals surface area contributed by atoms with Crippen molar-refractivity contribution in [2.75, 3.05) is 11.4 Å². The van der Waals surface area contributed by atoms with Gasteiger partial charge in [0.25, 0.3) is 0 Å². The van der Waals surface area contributed by atoms with Gasteiger partial charge in [0.2, 0.25) is 5.91 Å². The summed E-state index contributed by atoms with van der Waals surface area (Å²) in [6.45, 7) is 4.33. The van der Waals surface area contributed by atoms with Gasteiger partial charge in [-0.2, -0.15) is 0 Å². The van der Waals surface area contributed by atoms with Gasteiger partial charge in [0, 0.05) is 12.2 Å². The Morgan fingerprint density at radius 3 is 2.21 bits per heavy atom. The number of carboxylic acid groups (broad SMARTS) is 1. The second-order valence-electron chi connectivity index (χ2n) is 5.13. The first-order valence-electron chi connectivity index (χ1n) is 6.63. The van der Waals surface area contributed by atoms with Gasteiger partial charge in [-0.3, -0.25) is 9.59 Å². The lowest BCUT2D eigenvalue weighted by atomic mass is 9.67. The molecule has 1 aromatic carbocycles. The van der Waals surface area contributed by atoms with Crippen LogP contribution in [0, 0.1) is 12.3 Å². The maximum absolute atomic E-state index is 12.6. The van der Waals surface area contributed by atoms with E-state index in [0.29, 0.717) is 19.4 Å². The van der Waals surface area contributed by atoms with Gasteiger partial charge in [0.05, 0.1) is 0 Å². The van der Waals surface area contributed by atoms with Crippen LogP contribution in [-0.4, -0.2) is 23.5 Å². The molecule has 19 heavy (non-hydrogen) atoms. The van der Waals surface area contributed by atoms with E-state index in [1.807, 2.05) is 38.1 Å². The fourth-order valence-corrected chi connectivity index (χ4v) is 2.48. The SMILES string of the molecule is CCN(C(=O)C1(C(=O)O)CCC1)c1ccc(C)cc1. The monoisotopic (exact) mass is 261 g/mol. The molecule has 1 aromatic rings. The molecule has 0 aromatic heterocycles. The number of carbonyl (C=O) groups is 2.